The van der Waals surface area contributed by atoms with E-state index in [1.54, 1.807) is 0 Å². The van der Waals surface area contributed by atoms with Gasteiger partial charge >= 0.3 is 0 Å². The van der Waals surface area contributed by atoms with Crippen molar-refractivity contribution in [1.29, 1.82) is 0 Å². The van der Waals surface area contributed by atoms with Gasteiger partial charge in [0, 0.05) is 38.7 Å². The van der Waals surface area contributed by atoms with Crippen LogP contribution in [0.2, 0.25) is 0 Å². The third kappa shape index (κ3) is 5.20. The zero-order chi connectivity index (χ0) is 19.1. The SMILES string of the molecule is CN(C)c1ccc(CNC(=O)CC(c2ccccc2)c2ccccc2)cc1. The second-order valence-corrected chi connectivity index (χ2v) is 6.92. The van der Waals surface area contributed by atoms with Crippen LogP contribution in [0.25, 0.3) is 0 Å². The zero-order valence-electron chi connectivity index (χ0n) is 15.9. The van der Waals surface area contributed by atoms with Crippen molar-refractivity contribution in [3.8, 4) is 0 Å². The van der Waals surface area contributed by atoms with Crippen LogP contribution in [0.4, 0.5) is 5.69 Å². The van der Waals surface area contributed by atoms with Crippen molar-refractivity contribution in [3.05, 3.63) is 102 Å². The molecular weight excluding hydrogens is 332 g/mol. The summed E-state index contributed by atoms with van der Waals surface area (Å²) in [5.74, 6) is 0.118. The number of carbonyl (C=O) groups excluding carboxylic acids is 1. The molecule has 3 aromatic carbocycles. The number of hydrogen-bond acceptors (Lipinski definition) is 2. The van der Waals surface area contributed by atoms with Gasteiger partial charge in [-0.25, -0.2) is 0 Å². The minimum Gasteiger partial charge on any atom is -0.378 e. The number of carbonyl (C=O) groups is 1. The van der Waals surface area contributed by atoms with Gasteiger partial charge in [-0.1, -0.05) is 72.8 Å². The highest BCUT2D eigenvalue weighted by Gasteiger charge is 2.17. The average molecular weight is 358 g/mol. The van der Waals surface area contributed by atoms with Crippen LogP contribution >= 0.6 is 0 Å². The van der Waals surface area contributed by atoms with E-state index in [4.69, 9.17) is 0 Å². The number of amides is 1. The molecule has 3 nitrogen and oxygen atoms in total. The fourth-order valence-electron chi connectivity index (χ4n) is 3.17. The van der Waals surface area contributed by atoms with E-state index in [1.165, 1.54) is 0 Å². The van der Waals surface area contributed by atoms with Gasteiger partial charge in [0.2, 0.25) is 5.91 Å². The molecule has 0 aliphatic heterocycles. The summed E-state index contributed by atoms with van der Waals surface area (Å²) in [6.07, 6.45) is 0.434. The molecule has 27 heavy (non-hydrogen) atoms. The molecule has 0 heterocycles. The summed E-state index contributed by atoms with van der Waals surface area (Å²) in [6, 6.07) is 28.7. The zero-order valence-corrected chi connectivity index (χ0v) is 15.9. The molecule has 0 bridgehead atoms. The first-order chi connectivity index (χ1) is 13.1. The quantitative estimate of drug-likeness (QED) is 0.670. The van der Waals surface area contributed by atoms with Crippen LogP contribution < -0.4 is 10.2 Å². The first-order valence-electron chi connectivity index (χ1n) is 9.26. The van der Waals surface area contributed by atoms with E-state index in [2.05, 4.69) is 58.7 Å². The molecule has 0 aliphatic rings. The lowest BCUT2D eigenvalue weighted by Crippen LogP contribution is -2.25. The van der Waals surface area contributed by atoms with Crippen LogP contribution in [-0.4, -0.2) is 20.0 Å². The van der Waals surface area contributed by atoms with E-state index in [1.807, 2.05) is 50.5 Å². The molecule has 1 amide bonds. The first-order valence-corrected chi connectivity index (χ1v) is 9.26. The molecule has 0 aromatic heterocycles. The van der Waals surface area contributed by atoms with Crippen molar-refractivity contribution in [2.45, 2.75) is 18.9 Å². The predicted octanol–water partition coefficient (Wildman–Crippen LogP) is 4.59. The van der Waals surface area contributed by atoms with Gasteiger partial charge in [-0.15, -0.1) is 0 Å². The molecule has 3 aromatic rings. The lowest BCUT2D eigenvalue weighted by atomic mass is 9.88. The van der Waals surface area contributed by atoms with Gasteiger partial charge in [0.05, 0.1) is 0 Å². The lowest BCUT2D eigenvalue weighted by molar-refractivity contribution is -0.121. The maximum Gasteiger partial charge on any atom is 0.221 e. The van der Waals surface area contributed by atoms with Gasteiger partial charge < -0.3 is 10.2 Å². The highest BCUT2D eigenvalue weighted by molar-refractivity contribution is 5.77. The molecule has 0 aliphatic carbocycles. The van der Waals surface area contributed by atoms with Crippen LogP contribution in [0.3, 0.4) is 0 Å². The van der Waals surface area contributed by atoms with Gasteiger partial charge in [-0.05, 0) is 28.8 Å². The Balaban J connectivity index is 1.66. The summed E-state index contributed by atoms with van der Waals surface area (Å²) in [5, 5.41) is 3.07. The van der Waals surface area contributed by atoms with Crippen molar-refractivity contribution in [2.24, 2.45) is 0 Å². The smallest absolute Gasteiger partial charge is 0.221 e. The minimum absolute atomic E-state index is 0.0588. The molecule has 0 radical (unpaired) electrons. The Morgan fingerprint density at radius 2 is 1.33 bits per heavy atom. The summed E-state index contributed by atoms with van der Waals surface area (Å²) >= 11 is 0. The first kappa shape index (κ1) is 18.7. The number of benzene rings is 3. The Morgan fingerprint density at radius 3 is 1.81 bits per heavy atom. The van der Waals surface area contributed by atoms with E-state index < -0.39 is 0 Å². The monoisotopic (exact) mass is 358 g/mol. The number of rotatable bonds is 7. The Labute approximate surface area is 161 Å². The van der Waals surface area contributed by atoms with Crippen molar-refractivity contribution in [1.82, 2.24) is 5.32 Å². The third-order valence-electron chi connectivity index (χ3n) is 4.74. The van der Waals surface area contributed by atoms with E-state index in [0.29, 0.717) is 13.0 Å². The molecule has 0 unspecified atom stereocenters. The lowest BCUT2D eigenvalue weighted by Gasteiger charge is -2.18. The Hall–Kier alpha value is -3.07. The second kappa shape index (κ2) is 9.04. The summed E-state index contributed by atoms with van der Waals surface area (Å²) < 4.78 is 0. The van der Waals surface area contributed by atoms with E-state index in [9.17, 15) is 4.79 Å². The van der Waals surface area contributed by atoms with E-state index >= 15 is 0 Å². The van der Waals surface area contributed by atoms with Crippen LogP contribution in [-0.2, 0) is 11.3 Å². The van der Waals surface area contributed by atoms with Gasteiger partial charge in [0.1, 0.15) is 0 Å². The average Bonchev–Trinajstić information content (AvgIpc) is 2.72. The molecule has 0 saturated carbocycles. The van der Waals surface area contributed by atoms with Crippen molar-refractivity contribution >= 4 is 11.6 Å². The van der Waals surface area contributed by atoms with E-state index in [0.717, 1.165) is 22.4 Å². The molecule has 0 saturated heterocycles. The molecule has 0 spiro atoms. The maximum atomic E-state index is 12.6. The van der Waals surface area contributed by atoms with Gasteiger partial charge in [-0.3, -0.25) is 4.79 Å². The number of nitrogens with one attached hydrogen (secondary N) is 1. The third-order valence-corrected chi connectivity index (χ3v) is 4.74. The summed E-state index contributed by atoms with van der Waals surface area (Å²) in [5.41, 5.74) is 4.58. The van der Waals surface area contributed by atoms with Gasteiger partial charge in [0.15, 0.2) is 0 Å². The van der Waals surface area contributed by atoms with Gasteiger partial charge in [0.25, 0.3) is 0 Å². The maximum absolute atomic E-state index is 12.6. The van der Waals surface area contributed by atoms with Crippen LogP contribution in [0.15, 0.2) is 84.9 Å². The molecule has 0 atom stereocenters. The molecule has 1 N–H and O–H groups in total. The number of hydrogen-bond donors (Lipinski definition) is 1. The predicted molar refractivity (Wildman–Crippen MR) is 112 cm³/mol. The highest BCUT2D eigenvalue weighted by atomic mass is 16.1. The van der Waals surface area contributed by atoms with Gasteiger partial charge in [-0.2, -0.15) is 0 Å². The standard InChI is InChI=1S/C24H26N2O/c1-26(2)22-15-13-19(14-16-22)18-25-24(27)17-23(20-9-5-3-6-10-20)21-11-7-4-8-12-21/h3-16,23H,17-18H2,1-2H3,(H,25,27). The minimum atomic E-state index is 0.0588. The Morgan fingerprint density at radius 1 is 0.815 bits per heavy atom. The fraction of sp³-hybridized carbons (Fsp3) is 0.208. The number of anilines is 1. The number of nitrogens with zero attached hydrogens (tertiary/aromatic N) is 1. The Kier molecular flexibility index (Phi) is 6.26. The molecule has 138 valence electrons. The van der Waals surface area contributed by atoms with Crippen LogP contribution in [0.1, 0.15) is 29.0 Å². The topological polar surface area (TPSA) is 32.3 Å². The Bertz CT molecular complexity index is 803. The summed E-state index contributed by atoms with van der Waals surface area (Å²) in [4.78, 5) is 14.7. The van der Waals surface area contributed by atoms with Crippen molar-refractivity contribution in [3.63, 3.8) is 0 Å². The van der Waals surface area contributed by atoms with Crippen LogP contribution in [0, 0.1) is 0 Å². The molecular formula is C24H26N2O. The molecule has 3 heteroatoms. The summed E-state index contributed by atoms with van der Waals surface area (Å²) in [7, 11) is 4.04. The molecule has 3 rings (SSSR count). The highest BCUT2D eigenvalue weighted by Crippen LogP contribution is 2.27. The van der Waals surface area contributed by atoms with E-state index in [-0.39, 0.29) is 11.8 Å². The summed E-state index contributed by atoms with van der Waals surface area (Å²) in [6.45, 7) is 0.544. The fourth-order valence-corrected chi connectivity index (χ4v) is 3.17. The molecule has 0 fully saturated rings. The van der Waals surface area contributed by atoms with Crippen molar-refractivity contribution in [2.75, 3.05) is 19.0 Å². The largest absolute Gasteiger partial charge is 0.378 e. The normalized spacial score (nSPS) is 10.6. The second-order valence-electron chi connectivity index (χ2n) is 6.92. The van der Waals surface area contributed by atoms with Crippen molar-refractivity contribution < 1.29 is 4.79 Å². The van der Waals surface area contributed by atoms with Crippen LogP contribution in [0.5, 0.6) is 0 Å².